The molecule has 0 saturated carbocycles. The quantitative estimate of drug-likeness (QED) is 0.483. The number of hydrogen-bond donors (Lipinski definition) is 2. The maximum Gasteiger partial charge on any atom is 0.279 e. The Bertz CT molecular complexity index is 965. The van der Waals surface area contributed by atoms with E-state index < -0.39 is 5.91 Å². The number of nitrogens with one attached hydrogen (secondary N) is 2. The molecule has 5 nitrogen and oxygen atoms in total. The van der Waals surface area contributed by atoms with E-state index in [0.717, 1.165) is 0 Å². The van der Waals surface area contributed by atoms with Crippen molar-refractivity contribution in [2.24, 2.45) is 0 Å². The molecular formula is C18H12Cl2N2O3S. The maximum atomic E-state index is 11.8. The molecule has 132 valence electrons. The minimum atomic E-state index is -0.492. The fourth-order valence-corrected chi connectivity index (χ4v) is 3.08. The lowest BCUT2D eigenvalue weighted by Gasteiger charge is -2.03. The van der Waals surface area contributed by atoms with Gasteiger partial charge in [0.2, 0.25) is 0 Å². The zero-order valence-electron chi connectivity index (χ0n) is 13.2. The van der Waals surface area contributed by atoms with Gasteiger partial charge < -0.3 is 4.42 Å². The van der Waals surface area contributed by atoms with Gasteiger partial charge in [0.1, 0.15) is 11.5 Å². The standard InChI is InChI=1S/C18H12Cl2N2O3S/c19-13-4-1-3-12(17(13)20)14-8-6-11(25-14)7-9-16(23)21-22-18(24)15-5-2-10-26-15/h1-10H,(H,21,23)(H,22,24). The summed E-state index contributed by atoms with van der Waals surface area (Å²) >= 11 is 13.4. The lowest BCUT2D eigenvalue weighted by molar-refractivity contribution is -0.117. The van der Waals surface area contributed by atoms with E-state index in [1.165, 1.54) is 23.5 Å². The second kappa shape index (κ2) is 8.23. The van der Waals surface area contributed by atoms with Crippen molar-refractivity contribution >= 4 is 52.4 Å². The van der Waals surface area contributed by atoms with Crippen molar-refractivity contribution in [3.05, 3.63) is 74.6 Å². The molecule has 0 saturated heterocycles. The molecule has 8 heteroatoms. The number of carbonyl (C=O) groups excluding carboxylic acids is 2. The van der Waals surface area contributed by atoms with Crippen LogP contribution in [0.2, 0.25) is 10.0 Å². The number of amides is 2. The smallest absolute Gasteiger partial charge is 0.279 e. The second-order valence-corrected chi connectivity index (χ2v) is 6.79. The molecular weight excluding hydrogens is 395 g/mol. The van der Waals surface area contributed by atoms with Crippen molar-refractivity contribution < 1.29 is 14.0 Å². The molecule has 0 spiro atoms. The van der Waals surface area contributed by atoms with Gasteiger partial charge in [-0.15, -0.1) is 11.3 Å². The molecule has 0 fully saturated rings. The second-order valence-electron chi connectivity index (χ2n) is 5.06. The molecule has 0 unspecified atom stereocenters. The summed E-state index contributed by atoms with van der Waals surface area (Å²) in [7, 11) is 0. The molecule has 3 aromatic rings. The molecule has 0 atom stereocenters. The van der Waals surface area contributed by atoms with E-state index in [1.54, 1.807) is 47.8 Å². The molecule has 0 aliphatic rings. The van der Waals surface area contributed by atoms with Crippen molar-refractivity contribution in [3.8, 4) is 11.3 Å². The van der Waals surface area contributed by atoms with Gasteiger partial charge in [0, 0.05) is 11.6 Å². The van der Waals surface area contributed by atoms with Gasteiger partial charge in [0.05, 0.1) is 14.9 Å². The number of carbonyl (C=O) groups is 2. The van der Waals surface area contributed by atoms with Crippen LogP contribution in [0.4, 0.5) is 0 Å². The lowest BCUT2D eigenvalue weighted by atomic mass is 10.2. The number of thiophene rings is 1. The Morgan fingerprint density at radius 1 is 1.04 bits per heavy atom. The fraction of sp³-hybridized carbons (Fsp3) is 0. The Balaban J connectivity index is 1.60. The van der Waals surface area contributed by atoms with Crippen LogP contribution in [0.1, 0.15) is 15.4 Å². The zero-order chi connectivity index (χ0) is 18.5. The van der Waals surface area contributed by atoms with Crippen LogP contribution in [-0.2, 0) is 4.79 Å². The van der Waals surface area contributed by atoms with E-state index in [-0.39, 0.29) is 5.91 Å². The van der Waals surface area contributed by atoms with Crippen molar-refractivity contribution in [2.75, 3.05) is 0 Å². The van der Waals surface area contributed by atoms with Crippen LogP contribution in [0.3, 0.4) is 0 Å². The normalized spacial score (nSPS) is 10.8. The first-order valence-electron chi connectivity index (χ1n) is 7.41. The van der Waals surface area contributed by atoms with E-state index in [2.05, 4.69) is 10.9 Å². The number of furan rings is 1. The van der Waals surface area contributed by atoms with E-state index >= 15 is 0 Å². The first-order chi connectivity index (χ1) is 12.5. The van der Waals surface area contributed by atoms with Crippen molar-refractivity contribution in [1.82, 2.24) is 10.9 Å². The first-order valence-corrected chi connectivity index (χ1v) is 9.04. The van der Waals surface area contributed by atoms with Crippen LogP contribution in [0.5, 0.6) is 0 Å². The van der Waals surface area contributed by atoms with E-state index in [1.807, 2.05) is 0 Å². The van der Waals surface area contributed by atoms with Crippen molar-refractivity contribution in [3.63, 3.8) is 0 Å². The number of halogens is 2. The van der Waals surface area contributed by atoms with Gasteiger partial charge in [-0.1, -0.05) is 35.3 Å². The molecule has 2 N–H and O–H groups in total. The van der Waals surface area contributed by atoms with E-state index in [0.29, 0.717) is 32.0 Å². The fourth-order valence-electron chi connectivity index (χ4n) is 2.07. The number of hydrazine groups is 1. The molecule has 3 rings (SSSR count). The largest absolute Gasteiger partial charge is 0.457 e. The Labute approximate surface area is 163 Å². The van der Waals surface area contributed by atoms with Crippen LogP contribution in [0.25, 0.3) is 17.4 Å². The zero-order valence-corrected chi connectivity index (χ0v) is 15.5. The third kappa shape index (κ3) is 4.35. The third-order valence-corrected chi connectivity index (χ3v) is 4.97. The van der Waals surface area contributed by atoms with Gasteiger partial charge >= 0.3 is 0 Å². The summed E-state index contributed by atoms with van der Waals surface area (Å²) in [5.74, 6) is 0.116. The van der Waals surface area contributed by atoms with Gasteiger partial charge in [-0.3, -0.25) is 20.4 Å². The monoisotopic (exact) mass is 406 g/mol. The molecule has 2 heterocycles. The topological polar surface area (TPSA) is 71.3 Å². The average molecular weight is 407 g/mol. The van der Waals surface area contributed by atoms with Crippen molar-refractivity contribution in [2.45, 2.75) is 0 Å². The number of hydrogen-bond acceptors (Lipinski definition) is 4. The predicted octanol–water partition coefficient (Wildman–Crippen LogP) is 4.79. The van der Waals surface area contributed by atoms with Gasteiger partial charge in [0.25, 0.3) is 11.8 Å². The molecule has 0 radical (unpaired) electrons. The summed E-state index contributed by atoms with van der Waals surface area (Å²) in [6, 6.07) is 12.1. The highest BCUT2D eigenvalue weighted by molar-refractivity contribution is 7.12. The first kappa shape index (κ1) is 18.3. The van der Waals surface area contributed by atoms with Gasteiger partial charge in [-0.25, -0.2) is 0 Å². The summed E-state index contributed by atoms with van der Waals surface area (Å²) in [5, 5.41) is 2.60. The molecule has 0 bridgehead atoms. The van der Waals surface area contributed by atoms with Gasteiger partial charge in [0.15, 0.2) is 0 Å². The Morgan fingerprint density at radius 2 is 1.88 bits per heavy atom. The molecule has 2 amide bonds. The van der Waals surface area contributed by atoms with E-state index in [9.17, 15) is 9.59 Å². The van der Waals surface area contributed by atoms with Gasteiger partial charge in [-0.2, -0.15) is 0 Å². The molecule has 0 aliphatic carbocycles. The lowest BCUT2D eigenvalue weighted by Crippen LogP contribution is -2.40. The SMILES string of the molecule is O=C(C=Cc1ccc(-c2cccc(Cl)c2Cl)o1)NNC(=O)c1cccs1. The Kier molecular flexibility index (Phi) is 5.78. The maximum absolute atomic E-state index is 11.8. The summed E-state index contributed by atoms with van der Waals surface area (Å²) in [4.78, 5) is 24.0. The Morgan fingerprint density at radius 3 is 2.65 bits per heavy atom. The van der Waals surface area contributed by atoms with Crippen molar-refractivity contribution in [1.29, 1.82) is 0 Å². The highest BCUT2D eigenvalue weighted by Gasteiger charge is 2.10. The summed E-state index contributed by atoms with van der Waals surface area (Å²) in [5.41, 5.74) is 5.28. The summed E-state index contributed by atoms with van der Waals surface area (Å²) in [6.45, 7) is 0. The van der Waals surface area contributed by atoms with Crippen LogP contribution >= 0.6 is 34.5 Å². The molecule has 2 aromatic heterocycles. The molecule has 26 heavy (non-hydrogen) atoms. The number of benzene rings is 1. The van der Waals surface area contributed by atoms with Crippen LogP contribution in [0, 0.1) is 0 Å². The highest BCUT2D eigenvalue weighted by atomic mass is 35.5. The summed E-state index contributed by atoms with van der Waals surface area (Å²) in [6.07, 6.45) is 2.73. The minimum Gasteiger partial charge on any atom is -0.457 e. The summed E-state index contributed by atoms with van der Waals surface area (Å²) < 4.78 is 5.64. The number of rotatable bonds is 4. The molecule has 0 aliphatic heterocycles. The molecule has 1 aromatic carbocycles. The average Bonchev–Trinajstić information content (AvgIpc) is 3.32. The Hall–Kier alpha value is -2.54. The van der Waals surface area contributed by atoms with Crippen LogP contribution in [0.15, 0.2) is 58.3 Å². The van der Waals surface area contributed by atoms with Crippen LogP contribution < -0.4 is 10.9 Å². The van der Waals surface area contributed by atoms with E-state index in [4.69, 9.17) is 27.6 Å². The predicted molar refractivity (Wildman–Crippen MR) is 103 cm³/mol. The minimum absolute atomic E-state index is 0.377. The highest BCUT2D eigenvalue weighted by Crippen LogP contribution is 2.34. The van der Waals surface area contributed by atoms with Crippen LogP contribution in [-0.4, -0.2) is 11.8 Å². The third-order valence-electron chi connectivity index (χ3n) is 3.29. The van der Waals surface area contributed by atoms with Gasteiger partial charge in [-0.05, 0) is 41.8 Å².